The molecule has 2 amide bonds. The fourth-order valence-corrected chi connectivity index (χ4v) is 3.37. The summed E-state index contributed by atoms with van der Waals surface area (Å²) in [6.07, 6.45) is 11.2. The van der Waals surface area contributed by atoms with Crippen molar-refractivity contribution in [1.29, 1.82) is 0 Å². The number of hydrogen-bond acceptors (Lipinski definition) is 3. The van der Waals surface area contributed by atoms with E-state index in [2.05, 4.69) is 39.6 Å². The van der Waals surface area contributed by atoms with Crippen LogP contribution in [0.4, 0.5) is 11.4 Å². The van der Waals surface area contributed by atoms with E-state index in [4.69, 9.17) is 5.73 Å². The van der Waals surface area contributed by atoms with Gasteiger partial charge in [0.05, 0.1) is 11.4 Å². The largest absolute Gasteiger partial charge is 0.397 e. The monoisotopic (exact) mass is 445 g/mol. The predicted octanol–water partition coefficient (Wildman–Crippen LogP) is 5.18. The Hall–Kier alpha value is -2.34. The van der Waals surface area contributed by atoms with Gasteiger partial charge in [-0.1, -0.05) is 46.1 Å². The molecule has 0 atom stereocenters. The molecule has 0 saturated carbocycles. The third-order valence-electron chi connectivity index (χ3n) is 4.40. The Bertz CT molecular complexity index is 797. The van der Waals surface area contributed by atoms with Gasteiger partial charge in [-0.05, 0) is 56.9 Å². The number of carbonyl (C=O) groups is 2. The van der Waals surface area contributed by atoms with Gasteiger partial charge in [-0.25, -0.2) is 0 Å². The van der Waals surface area contributed by atoms with Crippen LogP contribution in [0.25, 0.3) is 0 Å². The van der Waals surface area contributed by atoms with Gasteiger partial charge in [0.2, 0.25) is 11.8 Å². The van der Waals surface area contributed by atoms with Crippen molar-refractivity contribution in [1.82, 2.24) is 5.32 Å². The van der Waals surface area contributed by atoms with Crippen molar-refractivity contribution >= 4 is 39.1 Å². The third kappa shape index (κ3) is 8.13. The smallest absolute Gasteiger partial charge is 0.224 e. The maximum atomic E-state index is 12.2. The number of amides is 2. The van der Waals surface area contributed by atoms with Gasteiger partial charge in [-0.3, -0.25) is 9.59 Å². The Morgan fingerprint density at radius 3 is 2.43 bits per heavy atom. The molecule has 1 aliphatic carbocycles. The number of hydrogen-bond donors (Lipinski definition) is 3. The molecule has 28 heavy (non-hydrogen) atoms. The Morgan fingerprint density at radius 1 is 1.04 bits per heavy atom. The van der Waals surface area contributed by atoms with Crippen molar-refractivity contribution in [3.8, 4) is 0 Å². The van der Waals surface area contributed by atoms with Gasteiger partial charge >= 0.3 is 0 Å². The highest BCUT2D eigenvalue weighted by atomic mass is 79.9. The predicted molar refractivity (Wildman–Crippen MR) is 119 cm³/mol. The topological polar surface area (TPSA) is 84.2 Å². The van der Waals surface area contributed by atoms with Crippen LogP contribution in [-0.4, -0.2) is 11.8 Å². The molecule has 0 heterocycles. The highest BCUT2D eigenvalue weighted by Gasteiger charge is 2.07. The van der Waals surface area contributed by atoms with Gasteiger partial charge < -0.3 is 16.4 Å². The number of nitrogens with one attached hydrogen (secondary N) is 2. The second-order valence-corrected chi connectivity index (χ2v) is 7.88. The number of anilines is 2. The number of carbonyl (C=O) groups excluding carboxylic acids is 2. The number of rotatable bonds is 8. The molecule has 0 radical (unpaired) electrons. The molecule has 0 spiro atoms. The molecular weight excluding hydrogens is 418 g/mol. The van der Waals surface area contributed by atoms with Crippen molar-refractivity contribution < 1.29 is 9.59 Å². The summed E-state index contributed by atoms with van der Waals surface area (Å²) >= 11 is 3.50. The van der Waals surface area contributed by atoms with Crippen molar-refractivity contribution in [3.63, 3.8) is 0 Å². The van der Waals surface area contributed by atoms with Crippen LogP contribution >= 0.6 is 15.9 Å². The second-order valence-electron chi connectivity index (χ2n) is 6.96. The van der Waals surface area contributed by atoms with Crippen LogP contribution in [0.2, 0.25) is 0 Å². The van der Waals surface area contributed by atoms with Crippen molar-refractivity contribution in [2.24, 2.45) is 0 Å². The first kappa shape index (κ1) is 22.0. The van der Waals surface area contributed by atoms with E-state index in [1.54, 1.807) is 12.1 Å². The molecule has 1 aliphatic rings. The Balaban J connectivity index is 1.67. The summed E-state index contributed by atoms with van der Waals surface area (Å²) < 4.78 is 0.983. The van der Waals surface area contributed by atoms with Crippen LogP contribution in [0, 0.1) is 0 Å². The van der Waals surface area contributed by atoms with Gasteiger partial charge in [0.15, 0.2) is 0 Å². The minimum absolute atomic E-state index is 0.00214. The van der Waals surface area contributed by atoms with Crippen LogP contribution in [0.15, 0.2) is 58.2 Å². The van der Waals surface area contributed by atoms with Gasteiger partial charge in [0.25, 0.3) is 0 Å². The lowest BCUT2D eigenvalue weighted by atomic mass is 10.1. The van der Waals surface area contributed by atoms with Crippen LogP contribution in [0.3, 0.4) is 0 Å². The average Bonchev–Trinajstić information content (AvgIpc) is 2.62. The number of para-hydroxylation sites is 2. The van der Waals surface area contributed by atoms with Gasteiger partial charge in [0.1, 0.15) is 0 Å². The summed E-state index contributed by atoms with van der Waals surface area (Å²) in [6, 6.07) is 7.20. The maximum absolute atomic E-state index is 12.2. The summed E-state index contributed by atoms with van der Waals surface area (Å²) in [5.41, 5.74) is 9.07. The molecule has 1 aromatic rings. The molecule has 150 valence electrons. The lowest BCUT2D eigenvalue weighted by Gasteiger charge is -2.10. The van der Waals surface area contributed by atoms with Crippen LogP contribution in [0.1, 0.15) is 51.9 Å². The molecule has 0 aromatic heterocycles. The summed E-state index contributed by atoms with van der Waals surface area (Å²) in [4.78, 5) is 24.2. The summed E-state index contributed by atoms with van der Waals surface area (Å²) in [5.74, 6) is -0.0584. The van der Waals surface area contributed by atoms with Gasteiger partial charge in [-0.2, -0.15) is 0 Å². The fraction of sp³-hybridized carbons (Fsp3) is 0.364. The van der Waals surface area contributed by atoms with E-state index >= 15 is 0 Å². The highest BCUT2D eigenvalue weighted by molar-refractivity contribution is 9.11. The molecule has 0 fully saturated rings. The van der Waals surface area contributed by atoms with E-state index in [1.165, 1.54) is 5.57 Å². The number of unbranched alkanes of at least 4 members (excludes halogenated alkanes) is 2. The van der Waals surface area contributed by atoms with E-state index in [-0.39, 0.29) is 11.8 Å². The lowest BCUT2D eigenvalue weighted by Crippen LogP contribution is -2.22. The number of allylic oxidation sites excluding steroid dienone is 5. The first-order valence-electron chi connectivity index (χ1n) is 9.63. The van der Waals surface area contributed by atoms with Crippen molar-refractivity contribution in [3.05, 3.63) is 58.2 Å². The molecule has 0 bridgehead atoms. The molecule has 4 N–H and O–H groups in total. The van der Waals surface area contributed by atoms with E-state index < -0.39 is 0 Å². The zero-order valence-electron chi connectivity index (χ0n) is 16.3. The Labute approximate surface area is 175 Å². The number of halogens is 1. The summed E-state index contributed by atoms with van der Waals surface area (Å²) in [5, 5.41) is 5.78. The standard InChI is InChI=1S/C22H28BrN3O2/c1-16-8-7-9-17(23)15-18(14-16)25-21(27)12-3-2-4-13-22(28)26-20-11-6-5-10-19(20)24/h5-6,9-11,14-15H,2-4,7-8,12-13,24H2,1H3,(H,25,27)(H,26,28). The van der Waals surface area contributed by atoms with Crippen LogP contribution in [-0.2, 0) is 9.59 Å². The normalized spacial score (nSPS) is 14.1. The summed E-state index contributed by atoms with van der Waals surface area (Å²) in [7, 11) is 0. The third-order valence-corrected chi connectivity index (χ3v) is 4.95. The van der Waals surface area contributed by atoms with E-state index in [9.17, 15) is 9.59 Å². The molecular formula is C22H28BrN3O2. The van der Waals surface area contributed by atoms with Crippen molar-refractivity contribution in [2.45, 2.75) is 51.9 Å². The van der Waals surface area contributed by atoms with Gasteiger partial charge in [0, 0.05) is 23.0 Å². The molecule has 0 saturated heterocycles. The van der Waals surface area contributed by atoms with E-state index in [0.29, 0.717) is 24.2 Å². The maximum Gasteiger partial charge on any atom is 0.224 e. The number of nitrogen functional groups attached to an aromatic ring is 1. The first-order chi connectivity index (χ1) is 13.4. The highest BCUT2D eigenvalue weighted by Crippen LogP contribution is 2.19. The summed E-state index contributed by atoms with van der Waals surface area (Å²) in [6.45, 7) is 2.07. The fourth-order valence-electron chi connectivity index (χ4n) is 2.89. The average molecular weight is 446 g/mol. The molecule has 1 aromatic carbocycles. The zero-order chi connectivity index (χ0) is 20.4. The molecule has 0 unspecified atom stereocenters. The number of nitrogens with two attached hydrogens (primary N) is 1. The van der Waals surface area contributed by atoms with Gasteiger partial charge in [-0.15, -0.1) is 0 Å². The van der Waals surface area contributed by atoms with E-state index in [0.717, 1.165) is 42.3 Å². The van der Waals surface area contributed by atoms with Crippen molar-refractivity contribution in [2.75, 3.05) is 11.1 Å². The second kappa shape index (κ2) is 11.5. The Kier molecular flexibility index (Phi) is 9.01. The van der Waals surface area contributed by atoms with E-state index in [1.807, 2.05) is 24.3 Å². The zero-order valence-corrected chi connectivity index (χ0v) is 17.8. The quantitative estimate of drug-likeness (QED) is 0.380. The Morgan fingerprint density at radius 2 is 1.71 bits per heavy atom. The number of benzene rings is 1. The molecule has 0 aliphatic heterocycles. The minimum atomic E-state index is -0.0562. The van der Waals surface area contributed by atoms with Crippen LogP contribution in [0.5, 0.6) is 0 Å². The minimum Gasteiger partial charge on any atom is -0.397 e. The SMILES string of the molecule is CC1=CC(NC(=O)CCCCCC(=O)Nc2ccccc2N)=CC(Br)=CCC1. The first-order valence-corrected chi connectivity index (χ1v) is 10.4. The van der Waals surface area contributed by atoms with Crippen LogP contribution < -0.4 is 16.4 Å². The molecule has 5 nitrogen and oxygen atoms in total. The molecule has 6 heteroatoms. The lowest BCUT2D eigenvalue weighted by molar-refractivity contribution is -0.120. The molecule has 2 rings (SSSR count).